The molecule has 2 atom stereocenters. The van der Waals surface area contributed by atoms with Crippen LogP contribution in [0.25, 0.3) is 0 Å². The predicted molar refractivity (Wildman–Crippen MR) is 60.9 cm³/mol. The molecule has 3 nitrogen and oxygen atoms in total. The number of nitrogens with zero attached hydrogens (tertiary/aromatic N) is 1. The molecule has 0 bridgehead atoms. The lowest BCUT2D eigenvalue weighted by atomic mass is 9.89. The summed E-state index contributed by atoms with van der Waals surface area (Å²) in [5, 5.41) is 3.16. The number of rotatable bonds is 5. The molecule has 80 valence electrons. The summed E-state index contributed by atoms with van der Waals surface area (Å²) in [6.07, 6.45) is 2.77. The van der Waals surface area contributed by atoms with Gasteiger partial charge in [-0.15, -0.1) is 11.3 Å². The van der Waals surface area contributed by atoms with Crippen LogP contribution in [0, 0.1) is 11.8 Å². The van der Waals surface area contributed by atoms with Crippen LogP contribution in [0.4, 0.5) is 0 Å². The topological polar surface area (TPSA) is 50.9 Å². The van der Waals surface area contributed by atoms with Crippen molar-refractivity contribution in [3.63, 3.8) is 0 Å². The fraction of sp³-hybridized carbons (Fsp3) is 0.700. The van der Waals surface area contributed by atoms with Crippen molar-refractivity contribution in [1.82, 2.24) is 10.4 Å². The summed E-state index contributed by atoms with van der Waals surface area (Å²) in [4.78, 5) is 4.27. The largest absolute Gasteiger partial charge is 0.271 e. The molecule has 1 heterocycles. The standard InChI is InChI=1S/C10H19N3S/c1-7(2)8(3)9(13-11)6-10-12-4-5-14-10/h4-5,7-9,13H,6,11H2,1-3H3. The zero-order valence-electron chi connectivity index (χ0n) is 9.03. The van der Waals surface area contributed by atoms with Gasteiger partial charge >= 0.3 is 0 Å². The summed E-state index contributed by atoms with van der Waals surface area (Å²) in [5.41, 5.74) is 2.89. The Labute approximate surface area is 89.7 Å². The van der Waals surface area contributed by atoms with E-state index in [4.69, 9.17) is 5.84 Å². The lowest BCUT2D eigenvalue weighted by molar-refractivity contribution is 0.299. The first-order valence-electron chi connectivity index (χ1n) is 4.99. The molecule has 0 radical (unpaired) electrons. The molecular formula is C10H19N3S. The fourth-order valence-corrected chi connectivity index (χ4v) is 2.08. The third-order valence-electron chi connectivity index (χ3n) is 2.78. The van der Waals surface area contributed by atoms with E-state index in [-0.39, 0.29) is 0 Å². The first kappa shape index (κ1) is 11.6. The number of aromatic nitrogens is 1. The van der Waals surface area contributed by atoms with E-state index in [0.29, 0.717) is 17.9 Å². The Morgan fingerprint density at radius 1 is 1.50 bits per heavy atom. The normalized spacial score (nSPS) is 15.8. The SMILES string of the molecule is CC(C)C(C)C(Cc1nccs1)NN. The molecule has 4 heteroatoms. The number of hydrogen-bond donors (Lipinski definition) is 2. The van der Waals surface area contributed by atoms with E-state index in [1.807, 2.05) is 11.6 Å². The Hall–Kier alpha value is -0.450. The van der Waals surface area contributed by atoms with E-state index in [1.54, 1.807) is 11.3 Å². The molecule has 0 saturated carbocycles. The van der Waals surface area contributed by atoms with E-state index < -0.39 is 0 Å². The summed E-state index contributed by atoms with van der Waals surface area (Å²) in [7, 11) is 0. The average molecular weight is 213 g/mol. The lowest BCUT2D eigenvalue weighted by Crippen LogP contribution is -2.43. The van der Waals surface area contributed by atoms with Crippen molar-refractivity contribution in [3.8, 4) is 0 Å². The van der Waals surface area contributed by atoms with Gasteiger partial charge in [0.25, 0.3) is 0 Å². The maximum absolute atomic E-state index is 5.55. The van der Waals surface area contributed by atoms with Gasteiger partial charge in [0.2, 0.25) is 0 Å². The van der Waals surface area contributed by atoms with Crippen LogP contribution in [0.2, 0.25) is 0 Å². The Balaban J connectivity index is 2.55. The van der Waals surface area contributed by atoms with Crippen LogP contribution in [0.1, 0.15) is 25.8 Å². The van der Waals surface area contributed by atoms with Crippen LogP contribution in [0.15, 0.2) is 11.6 Å². The van der Waals surface area contributed by atoms with E-state index >= 15 is 0 Å². The molecule has 0 fully saturated rings. The minimum atomic E-state index is 0.321. The molecule has 0 aliphatic rings. The van der Waals surface area contributed by atoms with Gasteiger partial charge < -0.3 is 0 Å². The molecular weight excluding hydrogens is 194 g/mol. The minimum absolute atomic E-state index is 0.321. The number of nitrogens with one attached hydrogen (secondary N) is 1. The predicted octanol–water partition coefficient (Wildman–Crippen LogP) is 1.81. The van der Waals surface area contributed by atoms with E-state index in [9.17, 15) is 0 Å². The Bertz CT molecular complexity index is 246. The molecule has 0 aliphatic carbocycles. The highest BCUT2D eigenvalue weighted by Crippen LogP contribution is 2.18. The monoisotopic (exact) mass is 213 g/mol. The van der Waals surface area contributed by atoms with Crippen molar-refractivity contribution < 1.29 is 0 Å². The smallest absolute Gasteiger partial charge is 0.0940 e. The maximum Gasteiger partial charge on any atom is 0.0940 e. The number of hydrogen-bond acceptors (Lipinski definition) is 4. The van der Waals surface area contributed by atoms with Gasteiger partial charge in [-0.3, -0.25) is 11.3 Å². The van der Waals surface area contributed by atoms with Crippen LogP contribution in [0.5, 0.6) is 0 Å². The highest BCUT2D eigenvalue weighted by molar-refractivity contribution is 7.09. The zero-order valence-corrected chi connectivity index (χ0v) is 9.84. The van der Waals surface area contributed by atoms with Crippen LogP contribution in [0.3, 0.4) is 0 Å². The second-order valence-electron chi connectivity index (χ2n) is 4.01. The van der Waals surface area contributed by atoms with Crippen molar-refractivity contribution >= 4 is 11.3 Å². The van der Waals surface area contributed by atoms with Gasteiger partial charge in [0.1, 0.15) is 0 Å². The zero-order chi connectivity index (χ0) is 10.6. The molecule has 1 aromatic heterocycles. The molecule has 1 rings (SSSR count). The van der Waals surface area contributed by atoms with Gasteiger partial charge in [-0.25, -0.2) is 4.98 Å². The quantitative estimate of drug-likeness (QED) is 0.579. The Morgan fingerprint density at radius 2 is 2.21 bits per heavy atom. The first-order valence-corrected chi connectivity index (χ1v) is 5.87. The highest BCUT2D eigenvalue weighted by Gasteiger charge is 2.19. The van der Waals surface area contributed by atoms with Gasteiger partial charge in [-0.2, -0.15) is 0 Å². The van der Waals surface area contributed by atoms with E-state index in [2.05, 4.69) is 31.2 Å². The molecule has 3 N–H and O–H groups in total. The first-order chi connectivity index (χ1) is 6.65. The molecule has 14 heavy (non-hydrogen) atoms. The van der Waals surface area contributed by atoms with Crippen LogP contribution in [-0.4, -0.2) is 11.0 Å². The third kappa shape index (κ3) is 3.04. The summed E-state index contributed by atoms with van der Waals surface area (Å²) >= 11 is 1.69. The Morgan fingerprint density at radius 3 is 2.64 bits per heavy atom. The minimum Gasteiger partial charge on any atom is -0.271 e. The molecule has 2 unspecified atom stereocenters. The van der Waals surface area contributed by atoms with Gasteiger partial charge in [0.15, 0.2) is 0 Å². The highest BCUT2D eigenvalue weighted by atomic mass is 32.1. The molecule has 0 saturated heterocycles. The van der Waals surface area contributed by atoms with Crippen LogP contribution >= 0.6 is 11.3 Å². The van der Waals surface area contributed by atoms with Gasteiger partial charge in [0.05, 0.1) is 5.01 Å². The van der Waals surface area contributed by atoms with Gasteiger partial charge in [-0.05, 0) is 11.8 Å². The average Bonchev–Trinajstić information content (AvgIpc) is 2.65. The number of hydrazine groups is 1. The van der Waals surface area contributed by atoms with E-state index in [0.717, 1.165) is 11.4 Å². The number of nitrogens with two attached hydrogens (primary N) is 1. The summed E-state index contributed by atoms with van der Waals surface area (Å²) in [6.45, 7) is 6.66. The Kier molecular flexibility index (Phi) is 4.51. The van der Waals surface area contributed by atoms with Crippen LogP contribution < -0.4 is 11.3 Å². The number of thiazole rings is 1. The van der Waals surface area contributed by atoms with Crippen molar-refractivity contribution in [1.29, 1.82) is 0 Å². The summed E-state index contributed by atoms with van der Waals surface area (Å²) in [5.74, 6) is 6.75. The van der Waals surface area contributed by atoms with E-state index in [1.165, 1.54) is 0 Å². The molecule has 0 aliphatic heterocycles. The van der Waals surface area contributed by atoms with Crippen molar-refractivity contribution in [2.24, 2.45) is 17.7 Å². The maximum atomic E-state index is 5.55. The second-order valence-corrected chi connectivity index (χ2v) is 4.99. The molecule has 1 aromatic rings. The summed E-state index contributed by atoms with van der Waals surface area (Å²) < 4.78 is 0. The van der Waals surface area contributed by atoms with Crippen molar-refractivity contribution in [2.45, 2.75) is 33.2 Å². The lowest BCUT2D eigenvalue weighted by Gasteiger charge is -2.25. The fourth-order valence-electron chi connectivity index (χ4n) is 1.40. The van der Waals surface area contributed by atoms with Crippen molar-refractivity contribution in [2.75, 3.05) is 0 Å². The molecule has 0 amide bonds. The van der Waals surface area contributed by atoms with Crippen LogP contribution in [-0.2, 0) is 6.42 Å². The molecule has 0 spiro atoms. The molecule has 0 aromatic carbocycles. The van der Waals surface area contributed by atoms with Crippen molar-refractivity contribution in [3.05, 3.63) is 16.6 Å². The third-order valence-corrected chi connectivity index (χ3v) is 3.58. The second kappa shape index (κ2) is 5.44. The van der Waals surface area contributed by atoms with Gasteiger partial charge in [0, 0.05) is 24.0 Å². The van der Waals surface area contributed by atoms with Gasteiger partial charge in [-0.1, -0.05) is 20.8 Å². The summed E-state index contributed by atoms with van der Waals surface area (Å²) in [6, 6.07) is 0.321.